The zero-order chi connectivity index (χ0) is 21.4. The largest absolute Gasteiger partial charge is 0.393 e. The van der Waals surface area contributed by atoms with E-state index in [1.54, 1.807) is 21.1 Å². The van der Waals surface area contributed by atoms with E-state index in [9.17, 15) is 20.4 Å². The van der Waals surface area contributed by atoms with Crippen LogP contribution < -0.4 is 0 Å². The second-order valence-corrected chi connectivity index (χ2v) is 11.2. The Bertz CT molecular complexity index is 639. The van der Waals surface area contributed by atoms with Gasteiger partial charge in [-0.1, -0.05) is 13.8 Å². The fraction of sp³-hybridized carbons (Fsp3) is 1.00. The third-order valence-electron chi connectivity index (χ3n) is 10.1. The van der Waals surface area contributed by atoms with Crippen LogP contribution in [-0.2, 0) is 9.47 Å². The third kappa shape index (κ3) is 2.82. The summed E-state index contributed by atoms with van der Waals surface area (Å²) < 4.78 is 11.3. The van der Waals surface area contributed by atoms with Crippen molar-refractivity contribution in [3.05, 3.63) is 0 Å². The molecule has 6 nitrogen and oxygen atoms in total. The van der Waals surface area contributed by atoms with E-state index in [0.717, 1.165) is 12.8 Å². The summed E-state index contributed by atoms with van der Waals surface area (Å²) in [6.45, 7) is 6.05. The minimum Gasteiger partial charge on any atom is -0.393 e. The highest BCUT2D eigenvalue weighted by Crippen LogP contribution is 2.69. The Hall–Kier alpha value is -0.240. The molecule has 4 saturated carbocycles. The first-order valence-corrected chi connectivity index (χ1v) is 11.3. The highest BCUT2D eigenvalue weighted by molar-refractivity contribution is 5.19. The average molecular weight is 413 g/mol. The lowest BCUT2D eigenvalue weighted by molar-refractivity contribution is -0.295. The molecule has 0 aromatic heterocycles. The minimum absolute atomic E-state index is 0.0317. The van der Waals surface area contributed by atoms with Crippen molar-refractivity contribution in [2.24, 2.45) is 34.5 Å². The van der Waals surface area contributed by atoms with Crippen molar-refractivity contribution in [1.82, 2.24) is 0 Å². The first-order valence-electron chi connectivity index (χ1n) is 11.3. The molecular weight excluding hydrogens is 372 g/mol. The van der Waals surface area contributed by atoms with E-state index in [1.807, 2.05) is 0 Å². The van der Waals surface area contributed by atoms with Gasteiger partial charge in [-0.3, -0.25) is 0 Å². The maximum Gasteiger partial charge on any atom is 0.165 e. The van der Waals surface area contributed by atoms with Crippen LogP contribution in [0.4, 0.5) is 0 Å². The molecule has 4 unspecified atom stereocenters. The highest BCUT2D eigenvalue weighted by atomic mass is 16.6. The maximum absolute atomic E-state index is 11.8. The van der Waals surface area contributed by atoms with Crippen molar-refractivity contribution in [3.8, 4) is 0 Å². The van der Waals surface area contributed by atoms with Gasteiger partial charge in [0.15, 0.2) is 5.79 Å². The van der Waals surface area contributed by atoms with Gasteiger partial charge in [0, 0.05) is 32.0 Å². The van der Waals surface area contributed by atoms with E-state index in [0.29, 0.717) is 38.0 Å². The zero-order valence-corrected chi connectivity index (χ0v) is 18.6. The molecule has 6 heteroatoms. The summed E-state index contributed by atoms with van der Waals surface area (Å²) >= 11 is 0. The standard InChI is InChI=1S/C23H40O6/c1-20-12-16(25)19-14(15(20)6-7-17(20)22(3,26)29-5)10-18(28-4)23(27)11-13(24)8-9-21(19,23)2/h13-19,24-27H,6-12H2,1-5H3/t13-,14?,15?,16-,17-,18+,19?,20-,21+,22?,23-/m0/s1. The molecule has 4 rings (SSSR count). The highest BCUT2D eigenvalue weighted by Gasteiger charge is 2.70. The van der Waals surface area contributed by atoms with Crippen LogP contribution in [0.5, 0.6) is 0 Å². The smallest absolute Gasteiger partial charge is 0.165 e. The summed E-state index contributed by atoms with van der Waals surface area (Å²) in [5, 5.41) is 44.5. The topological polar surface area (TPSA) is 99.4 Å². The molecule has 11 atom stereocenters. The number of ether oxygens (including phenoxy) is 2. The van der Waals surface area contributed by atoms with Gasteiger partial charge in [0.25, 0.3) is 0 Å². The van der Waals surface area contributed by atoms with Gasteiger partial charge in [0.05, 0.1) is 23.9 Å². The molecule has 0 spiro atoms. The Morgan fingerprint density at radius 3 is 2.34 bits per heavy atom. The molecule has 0 saturated heterocycles. The molecule has 0 aromatic carbocycles. The average Bonchev–Trinajstić information content (AvgIpc) is 2.99. The van der Waals surface area contributed by atoms with Crippen LogP contribution in [0.15, 0.2) is 0 Å². The Morgan fingerprint density at radius 2 is 1.72 bits per heavy atom. The summed E-state index contributed by atoms with van der Waals surface area (Å²) in [4.78, 5) is 0. The molecule has 4 N–H and O–H groups in total. The van der Waals surface area contributed by atoms with E-state index >= 15 is 0 Å². The summed E-state index contributed by atoms with van der Waals surface area (Å²) in [5.41, 5.74) is -1.86. The Morgan fingerprint density at radius 1 is 1.03 bits per heavy atom. The van der Waals surface area contributed by atoms with E-state index in [1.165, 1.54) is 0 Å². The molecule has 168 valence electrons. The molecule has 0 aliphatic heterocycles. The Labute approximate surface area is 174 Å². The number of rotatable bonds is 3. The Balaban J connectivity index is 1.75. The predicted octanol–water partition coefficient (Wildman–Crippen LogP) is 2.07. The SMILES string of the molecule is CO[C@@H]1CC2C3CC[C@H](C(C)(O)OC)[C@@]3(C)C[C@H](O)C2[C@@]2(C)CC[C@H](O)C[C@]12O. The summed E-state index contributed by atoms with van der Waals surface area (Å²) in [6.07, 6.45) is 3.34. The number of aliphatic hydroxyl groups is 4. The van der Waals surface area contributed by atoms with Crippen LogP contribution in [0, 0.1) is 34.5 Å². The molecule has 0 radical (unpaired) electrons. The van der Waals surface area contributed by atoms with Gasteiger partial charge < -0.3 is 29.9 Å². The fourth-order valence-electron chi connectivity index (χ4n) is 8.67. The minimum atomic E-state index is -1.22. The summed E-state index contributed by atoms with van der Waals surface area (Å²) in [7, 11) is 3.20. The van der Waals surface area contributed by atoms with Crippen LogP contribution in [0.3, 0.4) is 0 Å². The molecule has 0 bridgehead atoms. The lowest BCUT2D eigenvalue weighted by Gasteiger charge is -2.67. The van der Waals surface area contributed by atoms with Crippen LogP contribution >= 0.6 is 0 Å². The van der Waals surface area contributed by atoms with Crippen molar-refractivity contribution >= 4 is 0 Å². The molecule has 4 fully saturated rings. The predicted molar refractivity (Wildman–Crippen MR) is 108 cm³/mol. The van der Waals surface area contributed by atoms with Crippen LogP contribution in [-0.4, -0.2) is 64.3 Å². The number of aliphatic hydroxyl groups excluding tert-OH is 2. The van der Waals surface area contributed by atoms with Crippen LogP contribution in [0.1, 0.15) is 65.7 Å². The first kappa shape index (κ1) is 22.0. The number of fused-ring (bicyclic) bond motifs is 5. The molecular formula is C23H40O6. The third-order valence-corrected chi connectivity index (χ3v) is 10.1. The van der Waals surface area contributed by atoms with Crippen molar-refractivity contribution in [1.29, 1.82) is 0 Å². The van der Waals surface area contributed by atoms with Crippen molar-refractivity contribution in [2.45, 2.75) is 95.4 Å². The van der Waals surface area contributed by atoms with Gasteiger partial charge in [-0.25, -0.2) is 0 Å². The van der Waals surface area contributed by atoms with Gasteiger partial charge in [-0.15, -0.1) is 0 Å². The second-order valence-electron chi connectivity index (χ2n) is 11.2. The fourth-order valence-corrected chi connectivity index (χ4v) is 8.67. The molecule has 29 heavy (non-hydrogen) atoms. The molecule has 0 heterocycles. The van der Waals surface area contributed by atoms with Crippen LogP contribution in [0.25, 0.3) is 0 Å². The van der Waals surface area contributed by atoms with Crippen molar-refractivity contribution in [3.63, 3.8) is 0 Å². The second kappa shape index (κ2) is 6.88. The monoisotopic (exact) mass is 412 g/mol. The first-order chi connectivity index (χ1) is 13.4. The van der Waals surface area contributed by atoms with Gasteiger partial charge in [0.1, 0.15) is 0 Å². The van der Waals surface area contributed by atoms with E-state index in [4.69, 9.17) is 9.47 Å². The number of hydrogen-bond donors (Lipinski definition) is 4. The molecule has 0 amide bonds. The number of methoxy groups -OCH3 is 2. The van der Waals surface area contributed by atoms with Crippen molar-refractivity contribution < 1.29 is 29.9 Å². The van der Waals surface area contributed by atoms with Gasteiger partial charge in [-0.2, -0.15) is 0 Å². The number of hydrogen-bond acceptors (Lipinski definition) is 6. The van der Waals surface area contributed by atoms with E-state index in [-0.39, 0.29) is 29.3 Å². The van der Waals surface area contributed by atoms with Gasteiger partial charge in [0.2, 0.25) is 0 Å². The maximum atomic E-state index is 11.8. The van der Waals surface area contributed by atoms with E-state index < -0.39 is 29.0 Å². The normalized spacial score (nSPS) is 56.8. The molecule has 4 aliphatic rings. The summed E-state index contributed by atoms with van der Waals surface area (Å²) in [5.74, 6) is -0.732. The van der Waals surface area contributed by atoms with Gasteiger partial charge in [-0.05, 0) is 68.6 Å². The van der Waals surface area contributed by atoms with Gasteiger partial charge >= 0.3 is 0 Å². The molecule has 4 aliphatic carbocycles. The lowest BCUT2D eigenvalue weighted by atomic mass is 9.41. The lowest BCUT2D eigenvalue weighted by Crippen LogP contribution is -2.71. The van der Waals surface area contributed by atoms with Crippen molar-refractivity contribution in [2.75, 3.05) is 14.2 Å². The zero-order valence-electron chi connectivity index (χ0n) is 18.6. The van der Waals surface area contributed by atoms with E-state index in [2.05, 4.69) is 13.8 Å². The molecule has 0 aromatic rings. The quantitative estimate of drug-likeness (QED) is 0.530. The Kier molecular flexibility index (Phi) is 5.21. The van der Waals surface area contributed by atoms with Crippen LogP contribution in [0.2, 0.25) is 0 Å². The summed E-state index contributed by atoms with van der Waals surface area (Å²) in [6, 6.07) is 0.